The highest BCUT2D eigenvalue weighted by Crippen LogP contribution is 2.40. The first kappa shape index (κ1) is 16.6. The summed E-state index contributed by atoms with van der Waals surface area (Å²) >= 11 is 0. The minimum atomic E-state index is -0.902. The van der Waals surface area contributed by atoms with E-state index in [2.05, 4.69) is 0 Å². The molecule has 0 spiro atoms. The van der Waals surface area contributed by atoms with Crippen LogP contribution in [0.15, 0.2) is 66.5 Å². The molecule has 0 radical (unpaired) electrons. The summed E-state index contributed by atoms with van der Waals surface area (Å²) in [7, 11) is 0. The van der Waals surface area contributed by atoms with Crippen LogP contribution in [0.1, 0.15) is 25.3 Å². The Kier molecular flexibility index (Phi) is 4.15. The number of carbonyl (C=O) groups excluding carboxylic acids is 2. The Morgan fingerprint density at radius 1 is 1.35 bits per heavy atom. The summed E-state index contributed by atoms with van der Waals surface area (Å²) in [5.74, 6) is 0.439. The third-order valence-corrected chi connectivity index (χ3v) is 5.14. The second kappa shape index (κ2) is 6.48. The molecule has 2 fully saturated rings. The smallest absolute Gasteiger partial charge is 0.320 e. The fourth-order valence-corrected chi connectivity index (χ4v) is 3.58. The van der Waals surface area contributed by atoms with Crippen molar-refractivity contribution in [3.63, 3.8) is 0 Å². The lowest BCUT2D eigenvalue weighted by Gasteiger charge is -2.33. The van der Waals surface area contributed by atoms with Crippen LogP contribution in [0.4, 0.5) is 0 Å². The monoisotopic (exact) mass is 351 g/mol. The van der Waals surface area contributed by atoms with Crippen molar-refractivity contribution >= 4 is 11.9 Å². The SMILES string of the molecule is CC1/C(=C\C2(C(=O)OCc3ccccc3)C=CC=CC2)OC2CC(=O)N21. The van der Waals surface area contributed by atoms with Crippen LogP contribution in [0.3, 0.4) is 0 Å². The van der Waals surface area contributed by atoms with Gasteiger partial charge in [0.1, 0.15) is 17.8 Å². The van der Waals surface area contributed by atoms with Gasteiger partial charge in [-0.3, -0.25) is 14.5 Å². The molecule has 0 N–H and O–H groups in total. The van der Waals surface area contributed by atoms with E-state index in [1.54, 1.807) is 4.90 Å². The number of benzene rings is 1. The van der Waals surface area contributed by atoms with Gasteiger partial charge in [-0.15, -0.1) is 0 Å². The average molecular weight is 351 g/mol. The Morgan fingerprint density at radius 3 is 2.81 bits per heavy atom. The highest BCUT2D eigenvalue weighted by atomic mass is 16.5. The van der Waals surface area contributed by atoms with E-state index in [-0.39, 0.29) is 30.8 Å². The van der Waals surface area contributed by atoms with E-state index in [1.807, 2.05) is 67.6 Å². The highest BCUT2D eigenvalue weighted by molar-refractivity contribution is 5.85. The van der Waals surface area contributed by atoms with Crippen LogP contribution < -0.4 is 0 Å². The normalized spacial score (nSPS) is 30.7. The highest BCUT2D eigenvalue weighted by Gasteiger charge is 2.50. The molecule has 2 saturated heterocycles. The lowest BCUT2D eigenvalue weighted by molar-refractivity contribution is -0.156. The topological polar surface area (TPSA) is 55.8 Å². The number of β-lactam (4-membered cyclic amide) rings is 1. The number of ether oxygens (including phenoxy) is 2. The molecule has 0 saturated carbocycles. The fourth-order valence-electron chi connectivity index (χ4n) is 3.58. The number of nitrogens with zero attached hydrogens (tertiary/aromatic N) is 1. The quantitative estimate of drug-likeness (QED) is 0.618. The van der Waals surface area contributed by atoms with Crippen LogP contribution in [-0.4, -0.2) is 29.0 Å². The maximum Gasteiger partial charge on any atom is 0.320 e. The van der Waals surface area contributed by atoms with Gasteiger partial charge in [0.2, 0.25) is 5.91 Å². The van der Waals surface area contributed by atoms with Gasteiger partial charge in [-0.2, -0.15) is 0 Å². The molecule has 0 aromatic heterocycles. The van der Waals surface area contributed by atoms with Crippen molar-refractivity contribution in [2.75, 3.05) is 0 Å². The Labute approximate surface area is 152 Å². The zero-order valence-electron chi connectivity index (χ0n) is 14.6. The van der Waals surface area contributed by atoms with E-state index in [0.29, 0.717) is 18.6 Å². The minimum Gasteiger partial charge on any atom is -0.472 e. The van der Waals surface area contributed by atoms with E-state index < -0.39 is 5.41 Å². The molecule has 5 heteroatoms. The summed E-state index contributed by atoms with van der Waals surface area (Å²) in [5.41, 5.74) is 0.0420. The van der Waals surface area contributed by atoms with Crippen LogP contribution >= 0.6 is 0 Å². The van der Waals surface area contributed by atoms with Crippen LogP contribution in [0.5, 0.6) is 0 Å². The summed E-state index contributed by atoms with van der Waals surface area (Å²) in [4.78, 5) is 26.4. The van der Waals surface area contributed by atoms with E-state index in [1.165, 1.54) is 0 Å². The van der Waals surface area contributed by atoms with Crippen molar-refractivity contribution in [3.8, 4) is 0 Å². The van der Waals surface area contributed by atoms with E-state index in [9.17, 15) is 9.59 Å². The van der Waals surface area contributed by atoms with Crippen LogP contribution in [0.25, 0.3) is 0 Å². The molecule has 3 atom stereocenters. The van der Waals surface area contributed by atoms with Gasteiger partial charge in [-0.05, 0) is 25.0 Å². The van der Waals surface area contributed by atoms with Crippen molar-refractivity contribution in [3.05, 3.63) is 72.0 Å². The van der Waals surface area contributed by atoms with Gasteiger partial charge in [0.25, 0.3) is 0 Å². The molecule has 2 heterocycles. The number of hydrogen-bond acceptors (Lipinski definition) is 4. The first-order valence-corrected chi connectivity index (χ1v) is 8.85. The fraction of sp³-hybridized carbons (Fsp3) is 0.333. The Morgan fingerprint density at radius 2 is 2.15 bits per heavy atom. The van der Waals surface area contributed by atoms with Crippen molar-refractivity contribution in [2.24, 2.45) is 5.41 Å². The number of allylic oxidation sites excluding steroid dienone is 3. The molecule has 0 bridgehead atoms. The van der Waals surface area contributed by atoms with Gasteiger partial charge >= 0.3 is 5.97 Å². The lowest BCUT2D eigenvalue weighted by Crippen LogP contribution is -2.51. The van der Waals surface area contributed by atoms with Crippen molar-refractivity contribution < 1.29 is 19.1 Å². The predicted octanol–water partition coefficient (Wildman–Crippen LogP) is 3.09. The standard InChI is InChI=1S/C21H21NO4/c1-15-17(26-19-12-18(23)22(15)19)13-21(10-6-3-7-11-21)20(24)25-14-16-8-4-2-5-9-16/h2-10,13,15,19H,11-12,14H2,1H3/b17-13+. The molecule has 4 rings (SSSR count). The molecule has 1 aromatic rings. The summed E-state index contributed by atoms with van der Waals surface area (Å²) in [6.07, 6.45) is 10.1. The second-order valence-electron chi connectivity index (χ2n) is 6.89. The molecule has 1 aromatic carbocycles. The van der Waals surface area contributed by atoms with Gasteiger partial charge in [0, 0.05) is 0 Å². The zero-order valence-corrected chi connectivity index (χ0v) is 14.6. The van der Waals surface area contributed by atoms with Crippen LogP contribution in [0.2, 0.25) is 0 Å². The number of rotatable bonds is 4. The largest absolute Gasteiger partial charge is 0.472 e. The van der Waals surface area contributed by atoms with Crippen LogP contribution in [-0.2, 0) is 25.7 Å². The molecular formula is C21H21NO4. The number of hydrogen-bond donors (Lipinski definition) is 0. The minimum absolute atomic E-state index is 0.0886. The third kappa shape index (κ3) is 2.83. The number of carbonyl (C=O) groups is 2. The molecule has 1 aliphatic carbocycles. The molecule has 134 valence electrons. The predicted molar refractivity (Wildman–Crippen MR) is 95.4 cm³/mol. The summed E-state index contributed by atoms with van der Waals surface area (Å²) in [5, 5.41) is 0. The molecule has 26 heavy (non-hydrogen) atoms. The molecule has 3 aliphatic rings. The van der Waals surface area contributed by atoms with Gasteiger partial charge in [-0.25, -0.2) is 0 Å². The molecular weight excluding hydrogens is 330 g/mol. The maximum absolute atomic E-state index is 12.9. The number of fused-ring (bicyclic) bond motifs is 1. The Hall–Kier alpha value is -2.82. The second-order valence-corrected chi connectivity index (χ2v) is 6.89. The third-order valence-electron chi connectivity index (χ3n) is 5.14. The molecule has 3 unspecified atom stereocenters. The average Bonchev–Trinajstić information content (AvgIpc) is 2.90. The van der Waals surface area contributed by atoms with Crippen molar-refractivity contribution in [1.29, 1.82) is 0 Å². The molecule has 5 nitrogen and oxygen atoms in total. The number of amides is 1. The van der Waals surface area contributed by atoms with Gasteiger partial charge in [0.15, 0.2) is 6.23 Å². The van der Waals surface area contributed by atoms with Gasteiger partial charge in [0.05, 0.1) is 12.5 Å². The van der Waals surface area contributed by atoms with E-state index in [0.717, 1.165) is 5.56 Å². The Bertz CT molecular complexity index is 811. The van der Waals surface area contributed by atoms with Crippen LogP contribution in [0, 0.1) is 5.41 Å². The van der Waals surface area contributed by atoms with E-state index >= 15 is 0 Å². The zero-order chi connectivity index (χ0) is 18.1. The first-order chi connectivity index (χ1) is 12.6. The van der Waals surface area contributed by atoms with E-state index in [4.69, 9.17) is 9.47 Å². The van der Waals surface area contributed by atoms with Crippen molar-refractivity contribution in [1.82, 2.24) is 4.90 Å². The summed E-state index contributed by atoms with van der Waals surface area (Å²) < 4.78 is 11.5. The Balaban J connectivity index is 1.55. The summed E-state index contributed by atoms with van der Waals surface area (Å²) in [6, 6.07) is 9.45. The molecule has 2 aliphatic heterocycles. The van der Waals surface area contributed by atoms with Gasteiger partial charge in [-0.1, -0.05) is 54.6 Å². The maximum atomic E-state index is 12.9. The summed E-state index contributed by atoms with van der Waals surface area (Å²) in [6.45, 7) is 2.15. The van der Waals surface area contributed by atoms with Gasteiger partial charge < -0.3 is 9.47 Å². The van der Waals surface area contributed by atoms with Crippen molar-refractivity contribution in [2.45, 2.75) is 38.6 Å². The first-order valence-electron chi connectivity index (χ1n) is 8.85. The lowest BCUT2D eigenvalue weighted by atomic mass is 9.80. The number of esters is 1. The molecule has 1 amide bonds.